The second-order valence-electron chi connectivity index (χ2n) is 4.96. The Bertz CT molecular complexity index is 392. The summed E-state index contributed by atoms with van der Waals surface area (Å²) in [5.41, 5.74) is 2.39. The quantitative estimate of drug-likeness (QED) is 0.705. The first-order chi connectivity index (χ1) is 8.13. The molecule has 0 bridgehead atoms. The molecule has 1 saturated heterocycles. The topological polar surface area (TPSA) is 3.24 Å². The van der Waals surface area contributed by atoms with Crippen molar-refractivity contribution in [2.45, 2.75) is 38.6 Å². The highest BCUT2D eigenvalue weighted by molar-refractivity contribution is 6.31. The van der Waals surface area contributed by atoms with Crippen LogP contribution in [0.1, 0.15) is 32.3 Å². The van der Waals surface area contributed by atoms with Crippen LogP contribution in [0.2, 0.25) is 5.02 Å². The fourth-order valence-electron chi connectivity index (χ4n) is 2.59. The van der Waals surface area contributed by atoms with Crippen molar-refractivity contribution < 1.29 is 0 Å². The van der Waals surface area contributed by atoms with Gasteiger partial charge in [0.1, 0.15) is 0 Å². The van der Waals surface area contributed by atoms with E-state index in [1.54, 1.807) is 0 Å². The van der Waals surface area contributed by atoms with Gasteiger partial charge in [-0.05, 0) is 43.4 Å². The third kappa shape index (κ3) is 2.71. The lowest BCUT2D eigenvalue weighted by molar-refractivity contribution is 0.363. The molecule has 1 aliphatic rings. The summed E-state index contributed by atoms with van der Waals surface area (Å²) < 4.78 is 0. The van der Waals surface area contributed by atoms with Gasteiger partial charge in [-0.1, -0.05) is 24.6 Å². The summed E-state index contributed by atoms with van der Waals surface area (Å²) >= 11 is 12.1. The highest BCUT2D eigenvalue weighted by atomic mass is 35.5. The molecule has 94 valence electrons. The second kappa shape index (κ2) is 5.49. The third-order valence-electron chi connectivity index (χ3n) is 3.87. The van der Waals surface area contributed by atoms with Crippen molar-refractivity contribution in [1.29, 1.82) is 0 Å². The second-order valence-corrected chi connectivity index (χ2v) is 5.66. The summed E-state index contributed by atoms with van der Waals surface area (Å²) in [6.07, 6.45) is 2.56. The first-order valence-electron chi connectivity index (χ1n) is 6.24. The van der Waals surface area contributed by atoms with Gasteiger partial charge in [-0.25, -0.2) is 0 Å². The third-order valence-corrected chi connectivity index (χ3v) is 4.40. The number of anilines is 1. The normalized spacial score (nSPS) is 25.1. The van der Waals surface area contributed by atoms with Crippen molar-refractivity contribution in [3.05, 3.63) is 28.8 Å². The maximum Gasteiger partial charge on any atom is 0.0494 e. The molecule has 0 amide bonds. The van der Waals surface area contributed by atoms with E-state index in [4.69, 9.17) is 23.2 Å². The number of alkyl halides is 1. The van der Waals surface area contributed by atoms with Crippen LogP contribution in [0.15, 0.2) is 18.2 Å². The van der Waals surface area contributed by atoms with E-state index >= 15 is 0 Å². The first kappa shape index (κ1) is 13.0. The Labute approximate surface area is 114 Å². The van der Waals surface area contributed by atoms with Crippen LogP contribution in [0, 0.1) is 5.92 Å². The van der Waals surface area contributed by atoms with Crippen molar-refractivity contribution in [3.8, 4) is 0 Å². The molecule has 0 aromatic heterocycles. The van der Waals surface area contributed by atoms with E-state index in [9.17, 15) is 0 Å². The largest absolute Gasteiger partial charge is 0.368 e. The van der Waals surface area contributed by atoms with Crippen molar-refractivity contribution in [2.75, 3.05) is 11.4 Å². The van der Waals surface area contributed by atoms with Crippen LogP contribution in [0.5, 0.6) is 0 Å². The average molecular weight is 272 g/mol. The number of hydrogen-bond donors (Lipinski definition) is 0. The monoisotopic (exact) mass is 271 g/mol. The minimum Gasteiger partial charge on any atom is -0.368 e. The van der Waals surface area contributed by atoms with Gasteiger partial charge in [0.05, 0.1) is 0 Å². The highest BCUT2D eigenvalue weighted by Crippen LogP contribution is 2.33. The first-order valence-corrected chi connectivity index (χ1v) is 7.15. The summed E-state index contributed by atoms with van der Waals surface area (Å²) in [4.78, 5) is 2.46. The molecule has 0 aliphatic carbocycles. The van der Waals surface area contributed by atoms with Gasteiger partial charge in [0, 0.05) is 29.2 Å². The molecule has 0 N–H and O–H groups in total. The number of hydrogen-bond acceptors (Lipinski definition) is 1. The van der Waals surface area contributed by atoms with E-state index < -0.39 is 0 Å². The van der Waals surface area contributed by atoms with Crippen molar-refractivity contribution in [1.82, 2.24) is 0 Å². The van der Waals surface area contributed by atoms with E-state index in [1.165, 1.54) is 24.1 Å². The molecule has 1 aliphatic heterocycles. The van der Waals surface area contributed by atoms with E-state index in [0.29, 0.717) is 11.9 Å². The fraction of sp³-hybridized carbons (Fsp3) is 0.571. The Balaban J connectivity index is 2.34. The van der Waals surface area contributed by atoms with Gasteiger partial charge in [0.25, 0.3) is 0 Å². The Morgan fingerprint density at radius 2 is 2.12 bits per heavy atom. The van der Waals surface area contributed by atoms with Gasteiger partial charge in [-0.2, -0.15) is 0 Å². The zero-order valence-electron chi connectivity index (χ0n) is 10.4. The summed E-state index contributed by atoms with van der Waals surface area (Å²) in [5, 5.41) is 0.791. The van der Waals surface area contributed by atoms with Gasteiger partial charge in [-0.3, -0.25) is 0 Å². The van der Waals surface area contributed by atoms with Gasteiger partial charge in [0.15, 0.2) is 0 Å². The van der Waals surface area contributed by atoms with Crippen LogP contribution in [-0.2, 0) is 5.88 Å². The molecule has 3 heteroatoms. The number of piperidine rings is 1. The molecule has 17 heavy (non-hydrogen) atoms. The molecule has 1 heterocycles. The SMILES string of the molecule is CC1CCCN(c2cc(Cl)ccc2CCl)C1C. The predicted octanol–water partition coefficient (Wildman–Crippen LogP) is 4.70. The van der Waals surface area contributed by atoms with Gasteiger partial charge < -0.3 is 4.90 Å². The van der Waals surface area contributed by atoms with E-state index in [0.717, 1.165) is 17.5 Å². The van der Waals surface area contributed by atoms with E-state index in [1.807, 2.05) is 18.2 Å². The highest BCUT2D eigenvalue weighted by Gasteiger charge is 2.26. The Hall–Kier alpha value is -0.400. The van der Waals surface area contributed by atoms with E-state index in [2.05, 4.69) is 18.7 Å². The molecule has 1 fully saturated rings. The van der Waals surface area contributed by atoms with Crippen molar-refractivity contribution in [3.63, 3.8) is 0 Å². The minimum atomic E-state index is 0.546. The standard InChI is InChI=1S/C14H19Cl2N/c1-10-4-3-7-17(11(10)2)14-8-13(16)6-5-12(14)9-15/h5-6,8,10-11H,3-4,7,9H2,1-2H3. The lowest BCUT2D eigenvalue weighted by atomic mass is 9.91. The summed E-state index contributed by atoms with van der Waals surface area (Å²) in [5.74, 6) is 1.27. The van der Waals surface area contributed by atoms with Crippen molar-refractivity contribution >= 4 is 28.9 Å². The molecule has 2 unspecified atom stereocenters. The molecule has 0 saturated carbocycles. The number of nitrogens with zero attached hydrogens (tertiary/aromatic N) is 1. The molecule has 1 nitrogen and oxygen atoms in total. The number of rotatable bonds is 2. The molecule has 0 radical (unpaired) electrons. The Kier molecular flexibility index (Phi) is 4.22. The smallest absolute Gasteiger partial charge is 0.0494 e. The zero-order chi connectivity index (χ0) is 12.4. The lowest BCUT2D eigenvalue weighted by Gasteiger charge is -2.40. The van der Waals surface area contributed by atoms with Crippen LogP contribution in [0.3, 0.4) is 0 Å². The average Bonchev–Trinajstić information content (AvgIpc) is 2.33. The molecule has 1 aromatic rings. The van der Waals surface area contributed by atoms with Gasteiger partial charge in [0.2, 0.25) is 0 Å². The Morgan fingerprint density at radius 3 is 2.82 bits per heavy atom. The van der Waals surface area contributed by atoms with Crippen LogP contribution in [0.25, 0.3) is 0 Å². The summed E-state index contributed by atoms with van der Waals surface area (Å²) in [6, 6.07) is 6.56. The van der Waals surface area contributed by atoms with Crippen molar-refractivity contribution in [2.24, 2.45) is 5.92 Å². The van der Waals surface area contributed by atoms with E-state index in [-0.39, 0.29) is 0 Å². The van der Waals surface area contributed by atoms with Crippen LogP contribution >= 0.6 is 23.2 Å². The molecular formula is C14H19Cl2N. The molecule has 0 spiro atoms. The molecule has 1 aromatic carbocycles. The lowest BCUT2D eigenvalue weighted by Crippen LogP contribution is -2.42. The predicted molar refractivity (Wildman–Crippen MR) is 76.2 cm³/mol. The summed E-state index contributed by atoms with van der Waals surface area (Å²) in [7, 11) is 0. The molecular weight excluding hydrogens is 253 g/mol. The zero-order valence-corrected chi connectivity index (χ0v) is 11.9. The van der Waals surface area contributed by atoms with Crippen LogP contribution in [0.4, 0.5) is 5.69 Å². The van der Waals surface area contributed by atoms with Crippen LogP contribution < -0.4 is 4.90 Å². The maximum atomic E-state index is 6.11. The van der Waals surface area contributed by atoms with Crippen LogP contribution in [-0.4, -0.2) is 12.6 Å². The fourth-order valence-corrected chi connectivity index (χ4v) is 2.99. The maximum absolute atomic E-state index is 6.11. The van der Waals surface area contributed by atoms with Gasteiger partial charge in [-0.15, -0.1) is 11.6 Å². The molecule has 2 rings (SSSR count). The Morgan fingerprint density at radius 1 is 1.35 bits per heavy atom. The summed E-state index contributed by atoms with van der Waals surface area (Å²) in [6.45, 7) is 5.72. The van der Waals surface area contributed by atoms with Gasteiger partial charge >= 0.3 is 0 Å². The number of halogens is 2. The minimum absolute atomic E-state index is 0.546. The molecule has 2 atom stereocenters. The number of benzene rings is 1.